The summed E-state index contributed by atoms with van der Waals surface area (Å²) in [7, 11) is -3.38. The molecule has 2 rings (SSSR count). The SMILES string of the molecule is Cc1ccc(S(=O)(=O)Cc2ccc(Cl)c(N)c2)cc1C. The van der Waals surface area contributed by atoms with E-state index in [1.165, 1.54) is 0 Å². The lowest BCUT2D eigenvalue weighted by molar-refractivity contribution is 0.595. The van der Waals surface area contributed by atoms with Crippen molar-refractivity contribution in [3.63, 3.8) is 0 Å². The van der Waals surface area contributed by atoms with Crippen LogP contribution >= 0.6 is 11.6 Å². The number of aryl methyl sites for hydroxylation is 2. The molecule has 0 fully saturated rings. The summed E-state index contributed by atoms with van der Waals surface area (Å²) in [6, 6.07) is 10.0. The van der Waals surface area contributed by atoms with Crippen LogP contribution in [0.4, 0.5) is 5.69 Å². The van der Waals surface area contributed by atoms with E-state index in [4.69, 9.17) is 17.3 Å². The van der Waals surface area contributed by atoms with Crippen LogP contribution in [-0.4, -0.2) is 8.42 Å². The van der Waals surface area contributed by atoms with Crippen molar-refractivity contribution in [2.45, 2.75) is 24.5 Å². The molecular formula is C15H16ClNO2S. The zero-order valence-electron chi connectivity index (χ0n) is 11.4. The van der Waals surface area contributed by atoms with Crippen LogP contribution in [-0.2, 0) is 15.6 Å². The third-order valence-corrected chi connectivity index (χ3v) is 5.28. The van der Waals surface area contributed by atoms with Gasteiger partial charge in [-0.15, -0.1) is 0 Å². The number of benzene rings is 2. The lowest BCUT2D eigenvalue weighted by Crippen LogP contribution is -2.06. The number of halogens is 1. The van der Waals surface area contributed by atoms with Crippen LogP contribution in [0.5, 0.6) is 0 Å². The molecule has 0 saturated carbocycles. The Hall–Kier alpha value is -1.52. The van der Waals surface area contributed by atoms with E-state index in [0.717, 1.165) is 11.1 Å². The Morgan fingerprint density at radius 3 is 2.35 bits per heavy atom. The molecule has 0 radical (unpaired) electrons. The van der Waals surface area contributed by atoms with Gasteiger partial charge in [0.05, 0.1) is 21.4 Å². The summed E-state index contributed by atoms with van der Waals surface area (Å²) < 4.78 is 24.8. The minimum atomic E-state index is -3.38. The summed E-state index contributed by atoms with van der Waals surface area (Å²) in [6.07, 6.45) is 0. The Bertz CT molecular complexity index is 754. The molecule has 5 heteroatoms. The Kier molecular flexibility index (Phi) is 4.06. The summed E-state index contributed by atoms with van der Waals surface area (Å²) in [5.41, 5.74) is 8.74. The number of anilines is 1. The van der Waals surface area contributed by atoms with Gasteiger partial charge in [0.1, 0.15) is 0 Å². The molecule has 2 N–H and O–H groups in total. The van der Waals surface area contributed by atoms with Crippen molar-refractivity contribution < 1.29 is 8.42 Å². The van der Waals surface area contributed by atoms with E-state index < -0.39 is 9.84 Å². The summed E-state index contributed by atoms with van der Waals surface area (Å²) in [4.78, 5) is 0.328. The number of nitrogen functional groups attached to an aromatic ring is 1. The molecule has 0 saturated heterocycles. The molecule has 0 bridgehead atoms. The third-order valence-electron chi connectivity index (χ3n) is 3.25. The monoisotopic (exact) mass is 309 g/mol. The van der Waals surface area contributed by atoms with Crippen LogP contribution in [0.25, 0.3) is 0 Å². The van der Waals surface area contributed by atoms with E-state index in [1.54, 1.807) is 30.3 Å². The second-order valence-electron chi connectivity index (χ2n) is 4.86. The maximum atomic E-state index is 12.4. The van der Waals surface area contributed by atoms with Crippen molar-refractivity contribution in [1.82, 2.24) is 0 Å². The fourth-order valence-electron chi connectivity index (χ4n) is 1.89. The van der Waals surface area contributed by atoms with Gasteiger partial charge in [-0.1, -0.05) is 23.7 Å². The van der Waals surface area contributed by atoms with E-state index in [-0.39, 0.29) is 5.75 Å². The van der Waals surface area contributed by atoms with Crippen molar-refractivity contribution in [3.05, 3.63) is 58.1 Å². The van der Waals surface area contributed by atoms with Crippen LogP contribution in [0.1, 0.15) is 16.7 Å². The first kappa shape index (κ1) is 14.9. The second kappa shape index (κ2) is 5.46. The number of rotatable bonds is 3. The van der Waals surface area contributed by atoms with Crippen molar-refractivity contribution in [3.8, 4) is 0 Å². The maximum Gasteiger partial charge on any atom is 0.182 e. The molecule has 0 unspecified atom stereocenters. The highest BCUT2D eigenvalue weighted by Crippen LogP contribution is 2.23. The van der Waals surface area contributed by atoms with Crippen LogP contribution in [0.15, 0.2) is 41.3 Å². The number of hydrogen-bond donors (Lipinski definition) is 1. The molecular weight excluding hydrogens is 294 g/mol. The number of nitrogens with two attached hydrogens (primary N) is 1. The largest absolute Gasteiger partial charge is 0.398 e. The number of hydrogen-bond acceptors (Lipinski definition) is 3. The molecule has 2 aromatic rings. The molecule has 0 atom stereocenters. The van der Waals surface area contributed by atoms with Gasteiger partial charge in [-0.05, 0) is 54.8 Å². The zero-order valence-corrected chi connectivity index (χ0v) is 12.9. The lowest BCUT2D eigenvalue weighted by Gasteiger charge is -2.08. The van der Waals surface area contributed by atoms with Crippen LogP contribution < -0.4 is 5.73 Å². The number of sulfone groups is 1. The molecule has 106 valence electrons. The van der Waals surface area contributed by atoms with Gasteiger partial charge in [-0.25, -0.2) is 8.42 Å². The van der Waals surface area contributed by atoms with Crippen molar-refractivity contribution in [2.24, 2.45) is 0 Å². The quantitative estimate of drug-likeness (QED) is 0.883. The van der Waals surface area contributed by atoms with E-state index in [1.807, 2.05) is 19.9 Å². The first-order chi connectivity index (χ1) is 9.29. The van der Waals surface area contributed by atoms with Gasteiger partial charge in [0, 0.05) is 0 Å². The predicted octanol–water partition coefficient (Wildman–Crippen LogP) is 3.51. The average molecular weight is 310 g/mol. The Labute approximate surface area is 124 Å². The Morgan fingerprint density at radius 1 is 1.05 bits per heavy atom. The smallest absolute Gasteiger partial charge is 0.182 e. The molecule has 0 aromatic heterocycles. The van der Waals surface area contributed by atoms with Gasteiger partial charge in [-0.3, -0.25) is 0 Å². The van der Waals surface area contributed by atoms with Gasteiger partial charge < -0.3 is 5.73 Å². The summed E-state index contributed by atoms with van der Waals surface area (Å²) in [5, 5.41) is 0.428. The first-order valence-electron chi connectivity index (χ1n) is 6.13. The Morgan fingerprint density at radius 2 is 1.75 bits per heavy atom. The van der Waals surface area contributed by atoms with Gasteiger partial charge >= 0.3 is 0 Å². The summed E-state index contributed by atoms with van der Waals surface area (Å²) in [5.74, 6) is -0.0864. The molecule has 0 heterocycles. The minimum absolute atomic E-state index is 0.0864. The van der Waals surface area contributed by atoms with Crippen LogP contribution in [0, 0.1) is 13.8 Å². The van der Waals surface area contributed by atoms with Gasteiger partial charge in [0.15, 0.2) is 9.84 Å². The average Bonchev–Trinajstić information content (AvgIpc) is 2.37. The van der Waals surface area contributed by atoms with Gasteiger partial charge in [-0.2, -0.15) is 0 Å². The fourth-order valence-corrected chi connectivity index (χ4v) is 3.43. The lowest BCUT2D eigenvalue weighted by atomic mass is 10.1. The molecule has 20 heavy (non-hydrogen) atoms. The first-order valence-corrected chi connectivity index (χ1v) is 8.16. The molecule has 0 spiro atoms. The third kappa shape index (κ3) is 3.14. The molecule has 0 aliphatic carbocycles. The maximum absolute atomic E-state index is 12.4. The minimum Gasteiger partial charge on any atom is -0.398 e. The second-order valence-corrected chi connectivity index (χ2v) is 7.26. The van der Waals surface area contributed by atoms with Gasteiger partial charge in [0.2, 0.25) is 0 Å². The molecule has 0 aliphatic rings. The molecule has 0 amide bonds. The predicted molar refractivity (Wildman–Crippen MR) is 82.7 cm³/mol. The highest BCUT2D eigenvalue weighted by molar-refractivity contribution is 7.90. The summed E-state index contributed by atoms with van der Waals surface area (Å²) in [6.45, 7) is 3.85. The molecule has 0 aliphatic heterocycles. The van der Waals surface area contributed by atoms with Crippen LogP contribution in [0.3, 0.4) is 0 Å². The zero-order chi connectivity index (χ0) is 14.9. The summed E-state index contributed by atoms with van der Waals surface area (Å²) >= 11 is 5.83. The topological polar surface area (TPSA) is 60.2 Å². The van der Waals surface area contributed by atoms with E-state index in [2.05, 4.69) is 0 Å². The van der Waals surface area contributed by atoms with Crippen molar-refractivity contribution >= 4 is 27.1 Å². The normalized spacial score (nSPS) is 11.6. The van der Waals surface area contributed by atoms with E-state index in [9.17, 15) is 8.42 Å². The van der Waals surface area contributed by atoms with E-state index in [0.29, 0.717) is 21.2 Å². The Balaban J connectivity index is 2.35. The highest BCUT2D eigenvalue weighted by Gasteiger charge is 2.16. The van der Waals surface area contributed by atoms with E-state index >= 15 is 0 Å². The molecule has 3 nitrogen and oxygen atoms in total. The van der Waals surface area contributed by atoms with Crippen molar-refractivity contribution in [2.75, 3.05) is 5.73 Å². The standard InChI is InChI=1S/C15H16ClNO2S/c1-10-3-5-13(7-11(10)2)20(18,19)9-12-4-6-14(16)15(17)8-12/h3-8H,9,17H2,1-2H3. The molecule has 2 aromatic carbocycles. The highest BCUT2D eigenvalue weighted by atomic mass is 35.5. The fraction of sp³-hybridized carbons (Fsp3) is 0.200. The van der Waals surface area contributed by atoms with Gasteiger partial charge in [0.25, 0.3) is 0 Å². The van der Waals surface area contributed by atoms with Crippen molar-refractivity contribution in [1.29, 1.82) is 0 Å². The van der Waals surface area contributed by atoms with Crippen LogP contribution in [0.2, 0.25) is 5.02 Å².